The van der Waals surface area contributed by atoms with E-state index in [0.29, 0.717) is 13.1 Å². The van der Waals surface area contributed by atoms with E-state index >= 15 is 0 Å². The van der Waals surface area contributed by atoms with Gasteiger partial charge in [0.1, 0.15) is 5.75 Å². The summed E-state index contributed by atoms with van der Waals surface area (Å²) in [6, 6.07) is 7.87. The monoisotopic (exact) mass is 280 g/mol. The van der Waals surface area contributed by atoms with Crippen LogP contribution in [-0.4, -0.2) is 48.9 Å². The summed E-state index contributed by atoms with van der Waals surface area (Å²) in [5, 5.41) is 13.2. The van der Waals surface area contributed by atoms with Gasteiger partial charge >= 0.3 is 0 Å². The number of aliphatic hydroxyl groups is 1. The highest BCUT2D eigenvalue weighted by Crippen LogP contribution is 2.15. The number of ether oxygens (including phenoxy) is 1. The highest BCUT2D eigenvalue weighted by atomic mass is 16.5. The molecule has 4 nitrogen and oxygen atoms in total. The molecule has 0 saturated carbocycles. The molecule has 0 aromatic heterocycles. The average molecular weight is 280 g/mol. The van der Waals surface area contributed by atoms with Crippen LogP contribution >= 0.6 is 0 Å². The predicted octanol–water partition coefficient (Wildman–Crippen LogP) is 2.59. The SMILES string of the molecule is CCCOc1ccc(NCC(O)CN(CC)CC)cc1. The lowest BCUT2D eigenvalue weighted by Crippen LogP contribution is -2.35. The Bertz CT molecular complexity index is 350. The molecule has 1 atom stereocenters. The molecule has 0 saturated heterocycles. The van der Waals surface area contributed by atoms with E-state index in [4.69, 9.17) is 4.74 Å². The lowest BCUT2D eigenvalue weighted by atomic mass is 10.2. The Balaban J connectivity index is 2.33. The van der Waals surface area contributed by atoms with Crippen LogP contribution in [0.1, 0.15) is 27.2 Å². The molecular formula is C16H28N2O2. The summed E-state index contributed by atoms with van der Waals surface area (Å²) in [7, 11) is 0. The van der Waals surface area contributed by atoms with Crippen LogP contribution < -0.4 is 10.1 Å². The van der Waals surface area contributed by atoms with E-state index in [9.17, 15) is 5.11 Å². The second-order valence-electron chi connectivity index (χ2n) is 4.89. The van der Waals surface area contributed by atoms with Gasteiger partial charge in [0.15, 0.2) is 0 Å². The molecule has 0 fully saturated rings. The van der Waals surface area contributed by atoms with Crippen LogP contribution in [0.5, 0.6) is 5.75 Å². The summed E-state index contributed by atoms with van der Waals surface area (Å²) in [4.78, 5) is 2.22. The summed E-state index contributed by atoms with van der Waals surface area (Å²) >= 11 is 0. The van der Waals surface area contributed by atoms with Crippen LogP contribution in [0.15, 0.2) is 24.3 Å². The minimum Gasteiger partial charge on any atom is -0.494 e. The first-order valence-electron chi connectivity index (χ1n) is 7.56. The summed E-state index contributed by atoms with van der Waals surface area (Å²) in [6.07, 6.45) is 0.656. The van der Waals surface area contributed by atoms with Crippen LogP contribution in [0.4, 0.5) is 5.69 Å². The van der Waals surface area contributed by atoms with Gasteiger partial charge in [-0.2, -0.15) is 0 Å². The normalized spacial score (nSPS) is 12.4. The fraction of sp³-hybridized carbons (Fsp3) is 0.625. The number of likely N-dealkylation sites (N-methyl/N-ethyl adjacent to an activating group) is 1. The number of hydrogen-bond donors (Lipinski definition) is 2. The molecule has 1 aromatic carbocycles. The van der Waals surface area contributed by atoms with Gasteiger partial charge in [-0.1, -0.05) is 20.8 Å². The highest BCUT2D eigenvalue weighted by Gasteiger charge is 2.08. The number of benzene rings is 1. The molecule has 0 radical (unpaired) electrons. The third-order valence-electron chi connectivity index (χ3n) is 3.23. The molecule has 1 rings (SSSR count). The van der Waals surface area contributed by atoms with Crippen LogP contribution in [0.3, 0.4) is 0 Å². The molecule has 0 bridgehead atoms. The van der Waals surface area contributed by atoms with Gasteiger partial charge in [-0.05, 0) is 43.8 Å². The van der Waals surface area contributed by atoms with Crippen molar-refractivity contribution in [2.45, 2.75) is 33.3 Å². The number of nitrogens with zero attached hydrogens (tertiary/aromatic N) is 1. The van der Waals surface area contributed by atoms with E-state index in [1.807, 2.05) is 24.3 Å². The van der Waals surface area contributed by atoms with E-state index in [1.54, 1.807) is 0 Å². The first-order valence-corrected chi connectivity index (χ1v) is 7.56. The maximum absolute atomic E-state index is 9.99. The Labute approximate surface area is 122 Å². The third kappa shape index (κ3) is 6.26. The number of hydrogen-bond acceptors (Lipinski definition) is 4. The van der Waals surface area contributed by atoms with Gasteiger partial charge in [0.2, 0.25) is 0 Å². The van der Waals surface area contributed by atoms with Crippen molar-refractivity contribution in [2.24, 2.45) is 0 Å². The molecule has 0 aliphatic heterocycles. The van der Waals surface area contributed by atoms with Crippen molar-refractivity contribution >= 4 is 5.69 Å². The van der Waals surface area contributed by atoms with Crippen LogP contribution in [0, 0.1) is 0 Å². The van der Waals surface area contributed by atoms with Gasteiger partial charge in [-0.25, -0.2) is 0 Å². The van der Waals surface area contributed by atoms with Crippen LogP contribution in [0.25, 0.3) is 0 Å². The van der Waals surface area contributed by atoms with Crippen molar-refractivity contribution in [1.29, 1.82) is 0 Å². The van der Waals surface area contributed by atoms with Gasteiger partial charge in [0, 0.05) is 18.8 Å². The molecule has 114 valence electrons. The molecule has 1 aromatic rings. The number of aliphatic hydroxyl groups excluding tert-OH is 1. The molecule has 1 unspecified atom stereocenters. The van der Waals surface area contributed by atoms with Crippen molar-refractivity contribution < 1.29 is 9.84 Å². The molecule has 0 heterocycles. The Morgan fingerprint density at radius 2 is 1.80 bits per heavy atom. The predicted molar refractivity (Wildman–Crippen MR) is 84.5 cm³/mol. The van der Waals surface area contributed by atoms with Crippen molar-refractivity contribution in [3.05, 3.63) is 24.3 Å². The molecule has 2 N–H and O–H groups in total. The minimum atomic E-state index is -0.356. The van der Waals surface area contributed by atoms with Crippen molar-refractivity contribution in [3.8, 4) is 5.75 Å². The number of rotatable bonds is 10. The first kappa shape index (κ1) is 16.8. The molecule has 0 aliphatic carbocycles. The topological polar surface area (TPSA) is 44.7 Å². The van der Waals surface area contributed by atoms with Crippen molar-refractivity contribution in [2.75, 3.05) is 38.1 Å². The van der Waals surface area contributed by atoms with Crippen molar-refractivity contribution in [3.63, 3.8) is 0 Å². The average Bonchev–Trinajstić information content (AvgIpc) is 2.49. The zero-order chi connectivity index (χ0) is 14.8. The Morgan fingerprint density at radius 3 is 2.35 bits per heavy atom. The summed E-state index contributed by atoms with van der Waals surface area (Å²) in [6.45, 7) is 10.3. The van der Waals surface area contributed by atoms with Crippen LogP contribution in [-0.2, 0) is 0 Å². The fourth-order valence-corrected chi connectivity index (χ4v) is 1.97. The second-order valence-corrected chi connectivity index (χ2v) is 4.89. The molecule has 0 aliphatic rings. The Morgan fingerprint density at radius 1 is 1.15 bits per heavy atom. The van der Waals surface area contributed by atoms with E-state index < -0.39 is 0 Å². The van der Waals surface area contributed by atoms with E-state index in [0.717, 1.165) is 37.6 Å². The smallest absolute Gasteiger partial charge is 0.119 e. The lowest BCUT2D eigenvalue weighted by Gasteiger charge is -2.22. The third-order valence-corrected chi connectivity index (χ3v) is 3.23. The van der Waals surface area contributed by atoms with Gasteiger partial charge in [0.05, 0.1) is 12.7 Å². The number of nitrogens with one attached hydrogen (secondary N) is 1. The summed E-state index contributed by atoms with van der Waals surface area (Å²) < 4.78 is 5.53. The lowest BCUT2D eigenvalue weighted by molar-refractivity contribution is 0.128. The standard InChI is InChI=1S/C16H28N2O2/c1-4-11-20-16-9-7-14(8-10-16)17-12-15(19)13-18(5-2)6-3/h7-10,15,17,19H,4-6,11-13H2,1-3H3. The van der Waals surface area contributed by atoms with Gasteiger partial charge < -0.3 is 20.1 Å². The van der Waals surface area contributed by atoms with Gasteiger partial charge in [-0.3, -0.25) is 0 Å². The zero-order valence-corrected chi connectivity index (χ0v) is 12.9. The Hall–Kier alpha value is -1.26. The zero-order valence-electron chi connectivity index (χ0n) is 12.9. The van der Waals surface area contributed by atoms with E-state index in [2.05, 4.69) is 31.0 Å². The molecule has 4 heteroatoms. The summed E-state index contributed by atoms with van der Waals surface area (Å²) in [5.74, 6) is 0.890. The van der Waals surface area contributed by atoms with Gasteiger partial charge in [0.25, 0.3) is 0 Å². The Kier molecular flexibility index (Phi) is 8.07. The quantitative estimate of drug-likeness (QED) is 0.691. The van der Waals surface area contributed by atoms with Crippen molar-refractivity contribution in [1.82, 2.24) is 4.90 Å². The maximum atomic E-state index is 9.99. The highest BCUT2D eigenvalue weighted by molar-refractivity contribution is 5.46. The second kappa shape index (κ2) is 9.61. The maximum Gasteiger partial charge on any atom is 0.119 e. The first-order chi connectivity index (χ1) is 9.69. The van der Waals surface area contributed by atoms with E-state index in [-0.39, 0.29) is 6.10 Å². The fourth-order valence-electron chi connectivity index (χ4n) is 1.97. The van der Waals surface area contributed by atoms with Crippen LogP contribution in [0.2, 0.25) is 0 Å². The number of anilines is 1. The minimum absolute atomic E-state index is 0.356. The van der Waals surface area contributed by atoms with E-state index in [1.165, 1.54) is 0 Å². The largest absolute Gasteiger partial charge is 0.494 e. The summed E-state index contributed by atoms with van der Waals surface area (Å²) in [5.41, 5.74) is 1.01. The molecule has 20 heavy (non-hydrogen) atoms. The molecular weight excluding hydrogens is 252 g/mol. The molecule has 0 spiro atoms. The molecule has 0 amide bonds. The van der Waals surface area contributed by atoms with Gasteiger partial charge in [-0.15, -0.1) is 0 Å².